The lowest BCUT2D eigenvalue weighted by Crippen LogP contribution is -2.04. The minimum Gasteiger partial charge on any atom is -0.379 e. The maximum atomic E-state index is 4.45. The summed E-state index contributed by atoms with van der Waals surface area (Å²) in [5.41, 5.74) is 3.12. The zero-order chi connectivity index (χ0) is 12.8. The van der Waals surface area contributed by atoms with Crippen LogP contribution < -0.4 is 10.6 Å². The van der Waals surface area contributed by atoms with Crippen molar-refractivity contribution >= 4 is 11.5 Å². The first kappa shape index (κ1) is 12.4. The molecule has 94 valence electrons. The number of anilines is 2. The van der Waals surface area contributed by atoms with Gasteiger partial charge in [0.15, 0.2) is 0 Å². The molecule has 2 aromatic heterocycles. The largest absolute Gasteiger partial charge is 0.379 e. The maximum Gasteiger partial charge on any atom is 0.127 e. The topological polar surface area (TPSA) is 49.8 Å². The van der Waals surface area contributed by atoms with Gasteiger partial charge >= 0.3 is 0 Å². The predicted octanol–water partition coefficient (Wildman–Crippen LogP) is 2.83. The minimum absolute atomic E-state index is 0.720. The lowest BCUT2D eigenvalue weighted by atomic mass is 10.3. The van der Waals surface area contributed by atoms with Crippen LogP contribution in [0.3, 0.4) is 0 Å². The van der Waals surface area contributed by atoms with Gasteiger partial charge in [0, 0.05) is 30.2 Å². The number of aryl methyl sites for hydroxylation is 1. The van der Waals surface area contributed by atoms with E-state index in [-0.39, 0.29) is 0 Å². The van der Waals surface area contributed by atoms with Crippen LogP contribution in [-0.2, 0) is 6.54 Å². The van der Waals surface area contributed by atoms with Crippen molar-refractivity contribution in [3.05, 3.63) is 47.9 Å². The third kappa shape index (κ3) is 3.45. The minimum atomic E-state index is 0.720. The number of aromatic nitrogens is 2. The Morgan fingerprint density at radius 2 is 2.06 bits per heavy atom. The van der Waals surface area contributed by atoms with Gasteiger partial charge in [0.05, 0.1) is 12.2 Å². The lowest BCUT2D eigenvalue weighted by molar-refractivity contribution is 1.01. The first-order valence-corrected chi connectivity index (χ1v) is 6.14. The van der Waals surface area contributed by atoms with E-state index in [4.69, 9.17) is 0 Å². The van der Waals surface area contributed by atoms with E-state index in [2.05, 4.69) is 27.5 Å². The zero-order valence-corrected chi connectivity index (χ0v) is 10.8. The second-order valence-electron chi connectivity index (χ2n) is 4.08. The molecule has 0 spiro atoms. The third-order valence-electron chi connectivity index (χ3n) is 2.54. The SMILES string of the molecule is CCNc1cc(NCc2cccc(C)n2)ccn1. The van der Waals surface area contributed by atoms with Crippen molar-refractivity contribution < 1.29 is 0 Å². The molecule has 0 amide bonds. The Kier molecular flexibility index (Phi) is 4.12. The molecule has 2 N–H and O–H groups in total. The van der Waals surface area contributed by atoms with E-state index in [0.29, 0.717) is 0 Å². The smallest absolute Gasteiger partial charge is 0.127 e. The summed E-state index contributed by atoms with van der Waals surface area (Å²) in [7, 11) is 0. The monoisotopic (exact) mass is 242 g/mol. The summed E-state index contributed by atoms with van der Waals surface area (Å²) in [4.78, 5) is 8.68. The fraction of sp³-hybridized carbons (Fsp3) is 0.286. The fourth-order valence-electron chi connectivity index (χ4n) is 1.71. The van der Waals surface area contributed by atoms with Gasteiger partial charge in [-0.25, -0.2) is 4.98 Å². The highest BCUT2D eigenvalue weighted by Gasteiger charge is 1.98. The molecule has 2 heterocycles. The highest BCUT2D eigenvalue weighted by molar-refractivity contribution is 5.51. The van der Waals surface area contributed by atoms with Gasteiger partial charge in [0.1, 0.15) is 5.82 Å². The molecule has 0 saturated heterocycles. The molecule has 0 radical (unpaired) electrons. The molecule has 0 bridgehead atoms. The van der Waals surface area contributed by atoms with Crippen LogP contribution in [0.1, 0.15) is 18.3 Å². The summed E-state index contributed by atoms with van der Waals surface area (Å²) in [6.07, 6.45) is 1.80. The Morgan fingerprint density at radius 3 is 2.83 bits per heavy atom. The summed E-state index contributed by atoms with van der Waals surface area (Å²) >= 11 is 0. The highest BCUT2D eigenvalue weighted by atomic mass is 15.0. The van der Waals surface area contributed by atoms with Crippen LogP contribution in [0, 0.1) is 6.92 Å². The number of hydrogen-bond acceptors (Lipinski definition) is 4. The van der Waals surface area contributed by atoms with Gasteiger partial charge in [-0.3, -0.25) is 4.98 Å². The molecular formula is C14H18N4. The van der Waals surface area contributed by atoms with Crippen LogP contribution in [0.15, 0.2) is 36.5 Å². The van der Waals surface area contributed by atoms with E-state index in [1.54, 1.807) is 6.20 Å². The molecule has 4 heteroatoms. The molecule has 2 aromatic rings. The van der Waals surface area contributed by atoms with Gasteiger partial charge in [-0.05, 0) is 32.0 Å². The average Bonchev–Trinajstić information content (AvgIpc) is 2.37. The molecule has 0 aromatic carbocycles. The third-order valence-corrected chi connectivity index (χ3v) is 2.54. The van der Waals surface area contributed by atoms with Crippen LogP contribution in [0.2, 0.25) is 0 Å². The Balaban J connectivity index is 1.99. The van der Waals surface area contributed by atoms with Crippen molar-refractivity contribution in [1.29, 1.82) is 0 Å². The van der Waals surface area contributed by atoms with Crippen molar-refractivity contribution in [1.82, 2.24) is 9.97 Å². The van der Waals surface area contributed by atoms with Crippen LogP contribution >= 0.6 is 0 Å². The van der Waals surface area contributed by atoms with Crippen molar-refractivity contribution in [3.63, 3.8) is 0 Å². The summed E-state index contributed by atoms with van der Waals surface area (Å²) in [6.45, 7) is 5.64. The molecule has 18 heavy (non-hydrogen) atoms. The van der Waals surface area contributed by atoms with Crippen LogP contribution in [0.5, 0.6) is 0 Å². The van der Waals surface area contributed by atoms with Gasteiger partial charge < -0.3 is 10.6 Å². The summed E-state index contributed by atoms with van der Waals surface area (Å²) < 4.78 is 0. The molecule has 0 aliphatic rings. The van der Waals surface area contributed by atoms with E-state index >= 15 is 0 Å². The molecule has 0 aliphatic heterocycles. The van der Waals surface area contributed by atoms with Gasteiger partial charge in [-0.15, -0.1) is 0 Å². The average molecular weight is 242 g/mol. The van der Waals surface area contributed by atoms with Crippen molar-refractivity contribution in [2.24, 2.45) is 0 Å². The van der Waals surface area contributed by atoms with Crippen molar-refractivity contribution in [3.8, 4) is 0 Å². The molecule has 0 unspecified atom stereocenters. The molecule has 0 atom stereocenters. The van der Waals surface area contributed by atoms with E-state index in [9.17, 15) is 0 Å². The Hall–Kier alpha value is -2.10. The van der Waals surface area contributed by atoms with E-state index in [1.165, 1.54) is 0 Å². The van der Waals surface area contributed by atoms with Crippen molar-refractivity contribution in [2.45, 2.75) is 20.4 Å². The quantitative estimate of drug-likeness (QED) is 0.846. The molecule has 4 nitrogen and oxygen atoms in total. The molecular weight excluding hydrogens is 224 g/mol. The van der Waals surface area contributed by atoms with E-state index < -0.39 is 0 Å². The summed E-state index contributed by atoms with van der Waals surface area (Å²) in [6, 6.07) is 10.00. The maximum absolute atomic E-state index is 4.45. The molecule has 0 aliphatic carbocycles. The van der Waals surface area contributed by atoms with Gasteiger partial charge in [0.2, 0.25) is 0 Å². The van der Waals surface area contributed by atoms with Gasteiger partial charge in [-0.2, -0.15) is 0 Å². The summed E-state index contributed by atoms with van der Waals surface area (Å²) in [5.74, 6) is 0.889. The number of pyridine rings is 2. The highest BCUT2D eigenvalue weighted by Crippen LogP contribution is 2.12. The fourth-order valence-corrected chi connectivity index (χ4v) is 1.71. The second kappa shape index (κ2) is 6.00. The van der Waals surface area contributed by atoms with Gasteiger partial charge in [0.25, 0.3) is 0 Å². The number of rotatable bonds is 5. The number of hydrogen-bond donors (Lipinski definition) is 2. The predicted molar refractivity (Wildman–Crippen MR) is 74.7 cm³/mol. The van der Waals surface area contributed by atoms with Crippen LogP contribution in [0.25, 0.3) is 0 Å². The lowest BCUT2D eigenvalue weighted by Gasteiger charge is -2.08. The first-order chi connectivity index (χ1) is 8.78. The Labute approximate surface area is 107 Å². The first-order valence-electron chi connectivity index (χ1n) is 6.14. The van der Waals surface area contributed by atoms with E-state index in [0.717, 1.165) is 36.0 Å². The Morgan fingerprint density at radius 1 is 1.17 bits per heavy atom. The standard InChI is InChI=1S/C14H18N4/c1-3-15-14-9-12(7-8-16-14)17-10-13-6-4-5-11(2)18-13/h4-9H,3,10H2,1-2H3,(H2,15,16,17). The van der Waals surface area contributed by atoms with E-state index in [1.807, 2.05) is 37.3 Å². The van der Waals surface area contributed by atoms with Crippen molar-refractivity contribution in [2.75, 3.05) is 17.2 Å². The number of nitrogens with zero attached hydrogens (tertiary/aromatic N) is 2. The van der Waals surface area contributed by atoms with Crippen LogP contribution in [0.4, 0.5) is 11.5 Å². The normalized spacial score (nSPS) is 10.1. The molecule has 2 rings (SSSR count). The summed E-state index contributed by atoms with van der Waals surface area (Å²) in [5, 5.41) is 6.53. The molecule has 0 saturated carbocycles. The van der Waals surface area contributed by atoms with Gasteiger partial charge in [-0.1, -0.05) is 6.07 Å². The van der Waals surface area contributed by atoms with Crippen LogP contribution in [-0.4, -0.2) is 16.5 Å². The molecule has 0 fully saturated rings. The zero-order valence-electron chi connectivity index (χ0n) is 10.8. The number of nitrogens with one attached hydrogen (secondary N) is 2. The Bertz CT molecular complexity index is 511. The second-order valence-corrected chi connectivity index (χ2v) is 4.08.